The van der Waals surface area contributed by atoms with E-state index >= 15 is 0 Å². The zero-order chi connectivity index (χ0) is 16.8. The second-order valence-electron chi connectivity index (χ2n) is 7.03. The van der Waals surface area contributed by atoms with Gasteiger partial charge in [0.2, 0.25) is 0 Å². The highest BCUT2D eigenvalue weighted by Gasteiger charge is 2.51. The summed E-state index contributed by atoms with van der Waals surface area (Å²) in [5, 5.41) is 0. The van der Waals surface area contributed by atoms with Gasteiger partial charge in [0.1, 0.15) is 0 Å². The monoisotopic (exact) mass is 306 g/mol. The van der Waals surface area contributed by atoms with Crippen LogP contribution in [0.5, 0.6) is 0 Å². The van der Waals surface area contributed by atoms with E-state index in [1.165, 1.54) is 19.4 Å². The minimum absolute atomic E-state index is 0.284. The molecular weight excluding hydrogens is 275 g/mol. The van der Waals surface area contributed by atoms with Crippen molar-refractivity contribution in [3.05, 3.63) is 24.5 Å². The largest absolute Gasteiger partial charge is 0.496 e. The molecule has 0 aromatic carbocycles. The van der Waals surface area contributed by atoms with Crippen molar-refractivity contribution in [2.45, 2.75) is 58.7 Å². The van der Waals surface area contributed by atoms with Crippen LogP contribution in [0, 0.1) is 0 Å². The van der Waals surface area contributed by atoms with Gasteiger partial charge in [-0.05, 0) is 60.8 Å². The van der Waals surface area contributed by atoms with Crippen LogP contribution in [0.15, 0.2) is 24.5 Å². The predicted molar refractivity (Wildman–Crippen MR) is 93.4 cm³/mol. The third kappa shape index (κ3) is 5.38. The summed E-state index contributed by atoms with van der Waals surface area (Å²) < 4.78 is 11.8. The van der Waals surface area contributed by atoms with Gasteiger partial charge in [-0.25, -0.2) is 0 Å². The lowest BCUT2D eigenvalue weighted by atomic mass is 9.80. The molecule has 2 rings (SSSR count). The maximum absolute atomic E-state index is 5.89. The maximum atomic E-state index is 5.89. The molecule has 1 aliphatic rings. The second-order valence-corrected chi connectivity index (χ2v) is 7.03. The quantitative estimate of drug-likeness (QED) is 0.801. The Bertz CT molecular complexity index is 420. The fraction of sp³-hybridized carbons (Fsp3) is 0.706. The Kier molecular flexibility index (Phi) is 7.04. The van der Waals surface area contributed by atoms with Crippen molar-refractivity contribution < 1.29 is 9.31 Å². The molecule has 5 heteroatoms. The number of hydrogen-bond acceptors (Lipinski definition) is 4. The summed E-state index contributed by atoms with van der Waals surface area (Å²) in [6, 6.07) is 3.86. The summed E-state index contributed by atoms with van der Waals surface area (Å²) in [5.74, 6) is 0. The fourth-order valence-corrected chi connectivity index (χ4v) is 1.97. The molecule has 0 spiro atoms. The average molecular weight is 306 g/mol. The van der Waals surface area contributed by atoms with E-state index in [-0.39, 0.29) is 18.3 Å². The van der Waals surface area contributed by atoms with Crippen LogP contribution in [0.4, 0.5) is 0 Å². The highest BCUT2D eigenvalue weighted by molar-refractivity contribution is 6.62. The molecule has 1 aromatic heterocycles. The summed E-state index contributed by atoms with van der Waals surface area (Å²) in [6.45, 7) is 11.6. The number of hydrogen-bond donors (Lipinski definition) is 0. The first kappa shape index (κ1) is 19.1. The van der Waals surface area contributed by atoms with Crippen LogP contribution in [0.1, 0.15) is 47.5 Å². The van der Waals surface area contributed by atoms with E-state index in [1.807, 2.05) is 39.8 Å². The van der Waals surface area contributed by atoms with Crippen molar-refractivity contribution in [3.8, 4) is 0 Å². The molecule has 0 aliphatic carbocycles. The van der Waals surface area contributed by atoms with Crippen molar-refractivity contribution in [2.75, 3.05) is 20.6 Å². The summed E-state index contributed by atoms with van der Waals surface area (Å²) >= 11 is 0. The average Bonchev–Trinajstić information content (AvgIpc) is 2.67. The van der Waals surface area contributed by atoms with Crippen LogP contribution in [-0.2, 0) is 9.31 Å². The molecule has 0 saturated carbocycles. The second kappa shape index (κ2) is 8.09. The van der Waals surface area contributed by atoms with Crippen LogP contribution >= 0.6 is 0 Å². The minimum Gasteiger partial charge on any atom is -0.399 e. The van der Waals surface area contributed by atoms with E-state index in [0.717, 1.165) is 5.46 Å². The Morgan fingerprint density at radius 2 is 1.73 bits per heavy atom. The molecule has 2 heterocycles. The van der Waals surface area contributed by atoms with Crippen molar-refractivity contribution in [3.63, 3.8) is 0 Å². The normalized spacial score (nSPS) is 19.0. The first-order valence-electron chi connectivity index (χ1n) is 8.10. The Balaban J connectivity index is 0.000000295. The van der Waals surface area contributed by atoms with Gasteiger partial charge in [0, 0.05) is 17.9 Å². The van der Waals surface area contributed by atoms with Gasteiger partial charge in [-0.1, -0.05) is 19.4 Å². The maximum Gasteiger partial charge on any atom is 0.496 e. The molecule has 0 atom stereocenters. The topological polar surface area (TPSA) is 34.6 Å². The highest BCUT2D eigenvalue weighted by Crippen LogP contribution is 2.36. The van der Waals surface area contributed by atoms with Gasteiger partial charge in [0.25, 0.3) is 0 Å². The molecule has 0 unspecified atom stereocenters. The fourth-order valence-electron chi connectivity index (χ4n) is 1.97. The Morgan fingerprint density at radius 1 is 1.14 bits per heavy atom. The molecule has 1 aliphatic heterocycles. The molecule has 1 aromatic rings. The first-order chi connectivity index (χ1) is 10.2. The predicted octanol–water partition coefficient (Wildman–Crippen LogP) is 2.73. The van der Waals surface area contributed by atoms with Crippen molar-refractivity contribution in [1.82, 2.24) is 9.88 Å². The summed E-state index contributed by atoms with van der Waals surface area (Å²) in [5.41, 5.74) is 0.400. The van der Waals surface area contributed by atoms with Gasteiger partial charge in [-0.15, -0.1) is 0 Å². The Labute approximate surface area is 136 Å². The zero-order valence-corrected chi connectivity index (χ0v) is 15.2. The molecule has 124 valence electrons. The summed E-state index contributed by atoms with van der Waals surface area (Å²) in [6.07, 6.45) is 6.15. The van der Waals surface area contributed by atoms with E-state index < -0.39 is 0 Å². The van der Waals surface area contributed by atoms with Crippen LogP contribution < -0.4 is 5.46 Å². The number of pyridine rings is 1. The van der Waals surface area contributed by atoms with Crippen LogP contribution in [0.25, 0.3) is 0 Å². The first-order valence-corrected chi connectivity index (χ1v) is 8.10. The van der Waals surface area contributed by atoms with Crippen molar-refractivity contribution in [2.24, 2.45) is 0 Å². The van der Waals surface area contributed by atoms with Gasteiger partial charge in [0.15, 0.2) is 0 Å². The molecule has 0 bridgehead atoms. The zero-order valence-electron chi connectivity index (χ0n) is 15.2. The van der Waals surface area contributed by atoms with E-state index in [4.69, 9.17) is 9.31 Å². The smallest absolute Gasteiger partial charge is 0.399 e. The Morgan fingerprint density at radius 3 is 2.09 bits per heavy atom. The number of nitrogens with zero attached hydrogens (tertiary/aromatic N) is 2. The molecule has 22 heavy (non-hydrogen) atoms. The van der Waals surface area contributed by atoms with E-state index in [1.54, 1.807) is 12.4 Å². The van der Waals surface area contributed by atoms with Crippen molar-refractivity contribution >= 4 is 12.6 Å². The van der Waals surface area contributed by atoms with Crippen LogP contribution in [-0.4, -0.2) is 48.8 Å². The molecule has 0 N–H and O–H groups in total. The lowest BCUT2D eigenvalue weighted by Gasteiger charge is -2.32. The van der Waals surface area contributed by atoms with Crippen molar-refractivity contribution in [1.29, 1.82) is 0 Å². The molecule has 0 radical (unpaired) electrons. The highest BCUT2D eigenvalue weighted by atomic mass is 16.7. The summed E-state index contributed by atoms with van der Waals surface area (Å²) in [7, 11) is 3.91. The molecule has 1 fully saturated rings. The standard InChI is InChI=1S/C11H16BNO2.C6H15N/c1-10(2)11(3,4)15-12(14-10)9-6-5-7-13-8-9;1-4-5-6-7(2)3/h5-8H,1-4H3;4-6H2,1-3H3. The lowest BCUT2D eigenvalue weighted by molar-refractivity contribution is 0.00578. The Hall–Kier alpha value is -0.905. The van der Waals surface area contributed by atoms with Crippen LogP contribution in [0.2, 0.25) is 0 Å². The van der Waals surface area contributed by atoms with Gasteiger partial charge in [-0.3, -0.25) is 4.98 Å². The molecular formula is C17H31BN2O2. The molecule has 1 saturated heterocycles. The molecule has 4 nitrogen and oxygen atoms in total. The van der Waals surface area contributed by atoms with E-state index in [9.17, 15) is 0 Å². The SMILES string of the molecule is CC1(C)OB(c2cccnc2)OC1(C)C.CCCCN(C)C. The third-order valence-corrected chi connectivity index (χ3v) is 4.17. The minimum atomic E-state index is -0.302. The van der Waals surface area contributed by atoms with Gasteiger partial charge in [-0.2, -0.15) is 0 Å². The molecule has 0 amide bonds. The van der Waals surface area contributed by atoms with Gasteiger partial charge < -0.3 is 14.2 Å². The summed E-state index contributed by atoms with van der Waals surface area (Å²) in [4.78, 5) is 6.28. The van der Waals surface area contributed by atoms with E-state index in [0.29, 0.717) is 0 Å². The number of rotatable bonds is 4. The third-order valence-electron chi connectivity index (χ3n) is 4.17. The van der Waals surface area contributed by atoms with E-state index in [2.05, 4.69) is 30.9 Å². The van der Waals surface area contributed by atoms with Gasteiger partial charge in [0.05, 0.1) is 11.2 Å². The lowest BCUT2D eigenvalue weighted by Crippen LogP contribution is -2.41. The van der Waals surface area contributed by atoms with Gasteiger partial charge >= 0.3 is 7.12 Å². The van der Waals surface area contributed by atoms with Crippen LogP contribution in [0.3, 0.4) is 0 Å². The number of unbranched alkanes of at least 4 members (excludes halogenated alkanes) is 1. The number of aromatic nitrogens is 1.